The van der Waals surface area contributed by atoms with Crippen LogP contribution in [-0.4, -0.2) is 41.4 Å². The first-order valence-corrected chi connectivity index (χ1v) is 13.4. The van der Waals surface area contributed by atoms with Crippen LogP contribution in [0.3, 0.4) is 0 Å². The van der Waals surface area contributed by atoms with Crippen molar-refractivity contribution in [3.63, 3.8) is 0 Å². The Bertz CT molecular complexity index is 1550. The predicted octanol–water partition coefficient (Wildman–Crippen LogP) is 7.44. The number of anilines is 1. The van der Waals surface area contributed by atoms with E-state index in [1.807, 2.05) is 18.2 Å². The van der Waals surface area contributed by atoms with E-state index in [2.05, 4.69) is 39.3 Å². The van der Waals surface area contributed by atoms with E-state index in [0.717, 1.165) is 54.1 Å². The van der Waals surface area contributed by atoms with Crippen molar-refractivity contribution >= 4 is 40.9 Å². The molecule has 6 rings (SSSR count). The van der Waals surface area contributed by atoms with Crippen molar-refractivity contribution in [2.45, 2.75) is 18.8 Å². The minimum Gasteiger partial charge on any atom is -0.497 e. The molecule has 0 radical (unpaired) electrons. The lowest BCUT2D eigenvalue weighted by Gasteiger charge is -2.39. The first kappa shape index (κ1) is 25.5. The summed E-state index contributed by atoms with van der Waals surface area (Å²) in [6.07, 6.45) is 9.62. The smallest absolute Gasteiger partial charge is 0.335 e. The van der Waals surface area contributed by atoms with Crippen LogP contribution < -0.4 is 9.64 Å². The molecular weight excluding hydrogens is 537 g/mol. The molecule has 2 aromatic carbocycles. The average Bonchev–Trinajstić information content (AvgIpc) is 3.68. The summed E-state index contributed by atoms with van der Waals surface area (Å²) in [6.45, 7) is 1.77. The first-order valence-electron chi connectivity index (χ1n) is 12.7. The summed E-state index contributed by atoms with van der Waals surface area (Å²) >= 11 is 12.8. The van der Waals surface area contributed by atoms with Gasteiger partial charge in [0.15, 0.2) is 0 Å². The Kier molecular flexibility index (Phi) is 6.79. The highest BCUT2D eigenvalue weighted by atomic mass is 35.5. The Morgan fingerprint density at radius 2 is 1.79 bits per heavy atom. The molecule has 0 atom stereocenters. The predicted molar refractivity (Wildman–Crippen MR) is 152 cm³/mol. The molecule has 39 heavy (non-hydrogen) atoms. The van der Waals surface area contributed by atoms with Gasteiger partial charge in [-0.2, -0.15) is 0 Å². The number of hydrogen-bond acceptors (Lipinski definition) is 6. The zero-order chi connectivity index (χ0) is 27.1. The van der Waals surface area contributed by atoms with Crippen LogP contribution in [-0.2, 0) is 0 Å². The van der Waals surface area contributed by atoms with Crippen molar-refractivity contribution in [3.8, 4) is 28.1 Å². The second kappa shape index (κ2) is 10.4. The molecule has 3 heterocycles. The Morgan fingerprint density at radius 3 is 2.44 bits per heavy atom. The van der Waals surface area contributed by atoms with E-state index in [9.17, 15) is 9.90 Å². The third-order valence-electron chi connectivity index (χ3n) is 7.19. The summed E-state index contributed by atoms with van der Waals surface area (Å²) in [6, 6.07) is 13.2. The topological polar surface area (TPSA) is 88.7 Å². The van der Waals surface area contributed by atoms with Gasteiger partial charge in [0, 0.05) is 54.1 Å². The molecule has 1 N–H and O–H groups in total. The molecule has 0 bridgehead atoms. The van der Waals surface area contributed by atoms with Crippen LogP contribution in [0.4, 0.5) is 5.69 Å². The average molecular weight is 562 g/mol. The number of aromatic nitrogens is 2. The normalized spacial score (nSPS) is 15.5. The van der Waals surface area contributed by atoms with E-state index in [0.29, 0.717) is 38.9 Å². The number of halogens is 2. The Hall–Kier alpha value is -3.81. The van der Waals surface area contributed by atoms with Crippen LogP contribution in [0.15, 0.2) is 65.5 Å². The van der Waals surface area contributed by atoms with Gasteiger partial charge in [0.1, 0.15) is 17.2 Å². The highest BCUT2D eigenvalue weighted by molar-refractivity contribution is 6.39. The van der Waals surface area contributed by atoms with Gasteiger partial charge in [0.25, 0.3) is 0 Å². The maximum Gasteiger partial charge on any atom is 0.335 e. The van der Waals surface area contributed by atoms with Crippen molar-refractivity contribution in [1.29, 1.82) is 0 Å². The maximum absolute atomic E-state index is 11.5. The van der Waals surface area contributed by atoms with Gasteiger partial charge in [-0.3, -0.25) is 4.98 Å². The van der Waals surface area contributed by atoms with Gasteiger partial charge in [-0.25, -0.2) is 4.79 Å². The van der Waals surface area contributed by atoms with Crippen molar-refractivity contribution < 1.29 is 19.2 Å². The Balaban J connectivity index is 1.17. The van der Waals surface area contributed by atoms with E-state index in [1.54, 1.807) is 18.5 Å². The van der Waals surface area contributed by atoms with Crippen LogP contribution in [0.2, 0.25) is 10.0 Å². The maximum atomic E-state index is 11.5. The third-order valence-corrected chi connectivity index (χ3v) is 7.77. The largest absolute Gasteiger partial charge is 0.497 e. The lowest BCUT2D eigenvalue weighted by Crippen LogP contribution is -2.45. The van der Waals surface area contributed by atoms with Gasteiger partial charge in [0.2, 0.25) is 0 Å². The number of pyridine rings is 1. The van der Waals surface area contributed by atoms with E-state index in [1.165, 1.54) is 13.2 Å². The number of methoxy groups -OCH3 is 1. The summed E-state index contributed by atoms with van der Waals surface area (Å²) in [5.41, 5.74) is 5.27. The molecule has 2 aliphatic rings. The molecule has 9 heteroatoms. The molecule has 1 saturated heterocycles. The monoisotopic (exact) mass is 561 g/mol. The van der Waals surface area contributed by atoms with Crippen LogP contribution >= 0.6 is 23.2 Å². The summed E-state index contributed by atoms with van der Waals surface area (Å²) in [4.78, 5) is 17.8. The number of rotatable bonds is 8. The molecule has 0 unspecified atom stereocenters. The van der Waals surface area contributed by atoms with Crippen LogP contribution in [0, 0.1) is 5.92 Å². The van der Waals surface area contributed by atoms with Gasteiger partial charge in [0.05, 0.1) is 22.7 Å². The number of ether oxygens (including phenoxy) is 1. The van der Waals surface area contributed by atoms with Crippen molar-refractivity contribution in [1.82, 2.24) is 10.1 Å². The quantitative estimate of drug-likeness (QED) is 0.239. The summed E-state index contributed by atoms with van der Waals surface area (Å²) in [5, 5.41) is 14.6. The molecule has 7 nitrogen and oxygen atoms in total. The summed E-state index contributed by atoms with van der Waals surface area (Å²) < 4.78 is 11.0. The second-order valence-corrected chi connectivity index (χ2v) is 10.7. The lowest BCUT2D eigenvalue weighted by atomic mass is 9.95. The SMILES string of the molecule is COc1cc(C(=O)O)cc(-c2ccc(N3CC(C=Cc4c(-c5c(Cl)cncc5Cl)noc4C4CC4)C3)cc2)c1. The molecular formula is C30H25Cl2N3O4. The first-order chi connectivity index (χ1) is 18.9. The summed E-state index contributed by atoms with van der Waals surface area (Å²) in [5.74, 6) is 1.18. The van der Waals surface area contributed by atoms with Crippen LogP contribution in [0.1, 0.15) is 40.4 Å². The second-order valence-electron chi connectivity index (χ2n) is 9.89. The van der Waals surface area contributed by atoms with Gasteiger partial charge in [-0.05, 0) is 54.3 Å². The van der Waals surface area contributed by atoms with E-state index >= 15 is 0 Å². The molecule has 2 fully saturated rings. The van der Waals surface area contributed by atoms with E-state index < -0.39 is 5.97 Å². The highest BCUT2D eigenvalue weighted by Gasteiger charge is 2.33. The molecule has 1 aliphatic carbocycles. The zero-order valence-corrected chi connectivity index (χ0v) is 22.6. The van der Waals surface area contributed by atoms with Crippen molar-refractivity contribution in [2.24, 2.45) is 5.92 Å². The van der Waals surface area contributed by atoms with E-state index in [-0.39, 0.29) is 5.56 Å². The lowest BCUT2D eigenvalue weighted by molar-refractivity contribution is 0.0696. The van der Waals surface area contributed by atoms with Crippen LogP contribution in [0.5, 0.6) is 5.75 Å². The number of carboxylic acids is 1. The molecule has 0 spiro atoms. The summed E-state index contributed by atoms with van der Waals surface area (Å²) in [7, 11) is 1.53. The molecule has 4 aromatic rings. The number of nitrogens with zero attached hydrogens (tertiary/aromatic N) is 3. The fourth-order valence-electron chi connectivity index (χ4n) is 4.88. The number of carbonyl (C=O) groups is 1. The van der Waals surface area contributed by atoms with Gasteiger partial charge >= 0.3 is 5.97 Å². The Morgan fingerprint density at radius 1 is 1.08 bits per heavy atom. The number of carboxylic acid groups (broad SMARTS) is 1. The molecule has 198 valence electrons. The number of hydrogen-bond donors (Lipinski definition) is 1. The van der Waals surface area contributed by atoms with Gasteiger partial charge < -0.3 is 19.3 Å². The standard InChI is InChI=1S/C30H25Cl2N3O4/c1-38-23-11-20(10-21(12-23)30(36)37)18-5-7-22(8-6-18)35-15-17(16-35)2-9-24-28(34-39-29(24)19-3-4-19)27-25(31)13-33-14-26(27)32/h2,5-14,17,19H,3-4,15-16H2,1H3,(H,36,37). The molecule has 0 amide bonds. The highest BCUT2D eigenvalue weighted by Crippen LogP contribution is 2.46. The molecule has 1 aliphatic heterocycles. The van der Waals surface area contributed by atoms with Crippen LogP contribution in [0.25, 0.3) is 28.5 Å². The Labute approximate surface area is 235 Å². The minimum absolute atomic E-state index is 0.195. The van der Waals surface area contributed by atoms with Crippen molar-refractivity contribution in [2.75, 3.05) is 25.1 Å². The minimum atomic E-state index is -0.985. The fraction of sp³-hybridized carbons (Fsp3) is 0.233. The molecule has 2 aromatic heterocycles. The number of benzene rings is 2. The van der Waals surface area contributed by atoms with E-state index in [4.69, 9.17) is 32.5 Å². The molecule has 1 saturated carbocycles. The van der Waals surface area contributed by atoms with Gasteiger partial charge in [-0.15, -0.1) is 0 Å². The fourth-order valence-corrected chi connectivity index (χ4v) is 5.42. The van der Waals surface area contributed by atoms with Gasteiger partial charge in [-0.1, -0.05) is 52.6 Å². The number of aromatic carboxylic acids is 1. The third kappa shape index (κ3) is 5.12. The van der Waals surface area contributed by atoms with Crippen molar-refractivity contribution in [3.05, 3.63) is 87.9 Å². The zero-order valence-electron chi connectivity index (χ0n) is 21.1.